The fourth-order valence-electron chi connectivity index (χ4n) is 0.812. The maximum Gasteiger partial charge on any atom is 0.342 e. The van der Waals surface area contributed by atoms with Crippen molar-refractivity contribution in [3.63, 3.8) is 0 Å². The molecule has 0 amide bonds. The topological polar surface area (TPSA) is 98.8 Å². The Hall–Kier alpha value is -1.37. The quantitative estimate of drug-likeness (QED) is 0.631. The largest absolute Gasteiger partial charge is 0.459 e. The van der Waals surface area contributed by atoms with Crippen molar-refractivity contribution in [2.45, 2.75) is 20.0 Å². The molecule has 0 radical (unpaired) electrons. The highest BCUT2D eigenvalue weighted by Crippen LogP contribution is 2.16. The van der Waals surface area contributed by atoms with Gasteiger partial charge in [0, 0.05) is 0 Å². The van der Waals surface area contributed by atoms with Crippen LogP contribution in [0, 0.1) is 0 Å². The van der Waals surface area contributed by atoms with Crippen molar-refractivity contribution in [3.8, 4) is 0 Å². The molecule has 0 aromatic rings. The van der Waals surface area contributed by atoms with Crippen LogP contribution in [-0.4, -0.2) is 26.7 Å². The zero-order chi connectivity index (χ0) is 10.9. The van der Waals surface area contributed by atoms with Crippen LogP contribution in [-0.2, 0) is 19.6 Å². The molecule has 0 unspecified atom stereocenters. The Morgan fingerprint density at radius 2 is 2.14 bits per heavy atom. The molecular formula is C7H10N2O4S. The fourth-order valence-corrected chi connectivity index (χ4v) is 1.58. The Bertz CT molecular complexity index is 419. The van der Waals surface area contributed by atoms with Crippen molar-refractivity contribution in [2.75, 3.05) is 0 Å². The van der Waals surface area contributed by atoms with Gasteiger partial charge in [0.1, 0.15) is 5.57 Å². The summed E-state index contributed by atoms with van der Waals surface area (Å²) in [4.78, 5) is 11.2. The van der Waals surface area contributed by atoms with E-state index in [0.29, 0.717) is 0 Å². The number of rotatable bonds is 2. The molecule has 0 aliphatic carbocycles. The molecule has 0 fully saturated rings. The van der Waals surface area contributed by atoms with Crippen LogP contribution < -0.4 is 5.73 Å². The van der Waals surface area contributed by atoms with Crippen LogP contribution >= 0.6 is 0 Å². The summed E-state index contributed by atoms with van der Waals surface area (Å²) in [5.41, 5.74) is 4.99. The van der Waals surface area contributed by atoms with Crippen LogP contribution in [0.25, 0.3) is 0 Å². The average molecular weight is 218 g/mol. The van der Waals surface area contributed by atoms with Gasteiger partial charge in [-0.2, -0.15) is 12.8 Å². The molecule has 78 valence electrons. The molecule has 7 heteroatoms. The Morgan fingerprint density at radius 1 is 1.57 bits per heavy atom. The third kappa shape index (κ3) is 1.92. The fraction of sp³-hybridized carbons (Fsp3) is 0.429. The molecule has 0 spiro atoms. The number of carbonyl (C=O) groups excluding carboxylic acids is 1. The maximum absolute atomic E-state index is 11.2. The van der Waals surface area contributed by atoms with Crippen molar-refractivity contribution in [2.24, 2.45) is 10.1 Å². The van der Waals surface area contributed by atoms with Gasteiger partial charge in [-0.3, -0.25) is 0 Å². The molecule has 6 nitrogen and oxygen atoms in total. The van der Waals surface area contributed by atoms with E-state index < -0.39 is 21.0 Å². The van der Waals surface area contributed by atoms with E-state index in [1.54, 1.807) is 13.8 Å². The number of carbonyl (C=O) groups is 1. The first-order valence-corrected chi connectivity index (χ1v) is 5.29. The summed E-state index contributed by atoms with van der Waals surface area (Å²) in [6.45, 7) is 3.30. The predicted octanol–water partition coefficient (Wildman–Crippen LogP) is -0.478. The maximum atomic E-state index is 11.2. The van der Waals surface area contributed by atoms with Gasteiger partial charge in [0.2, 0.25) is 0 Å². The van der Waals surface area contributed by atoms with Gasteiger partial charge in [-0.05, 0) is 13.8 Å². The molecule has 2 N–H and O–H groups in total. The van der Waals surface area contributed by atoms with Gasteiger partial charge in [-0.15, -0.1) is 0 Å². The average Bonchev–Trinajstić information content (AvgIpc) is 2.26. The lowest BCUT2D eigenvalue weighted by Crippen LogP contribution is -2.18. The van der Waals surface area contributed by atoms with Crippen molar-refractivity contribution >= 4 is 22.2 Å². The summed E-state index contributed by atoms with van der Waals surface area (Å²) in [6.07, 6.45) is 0.564. The van der Waals surface area contributed by atoms with Crippen molar-refractivity contribution < 1.29 is 17.9 Å². The number of hydrogen-bond acceptors (Lipinski definition) is 5. The highest BCUT2D eigenvalue weighted by atomic mass is 32.2. The van der Waals surface area contributed by atoms with Crippen LogP contribution in [0.2, 0.25) is 0 Å². The minimum absolute atomic E-state index is 0.210. The number of nitrogens with zero attached hydrogens (tertiary/aromatic N) is 1. The van der Waals surface area contributed by atoms with Crippen LogP contribution in [0.4, 0.5) is 0 Å². The molecule has 0 aromatic carbocycles. The third-order valence-corrected chi connectivity index (χ3v) is 2.59. The van der Waals surface area contributed by atoms with Crippen LogP contribution in [0.1, 0.15) is 13.8 Å². The summed E-state index contributed by atoms with van der Waals surface area (Å²) < 4.78 is 29.8. The second-order valence-electron chi connectivity index (χ2n) is 2.94. The first-order chi connectivity index (χ1) is 6.34. The van der Waals surface area contributed by atoms with Crippen molar-refractivity contribution in [3.05, 3.63) is 10.6 Å². The summed E-state index contributed by atoms with van der Waals surface area (Å²) in [6, 6.07) is 0. The molecule has 1 rings (SSSR count). The Labute approximate surface area is 81.5 Å². The lowest BCUT2D eigenvalue weighted by molar-refractivity contribution is -0.141. The van der Waals surface area contributed by atoms with E-state index in [-0.39, 0.29) is 11.7 Å². The summed E-state index contributed by atoms with van der Waals surface area (Å²) >= 11 is 0. The number of ether oxygens (including phenoxy) is 1. The van der Waals surface area contributed by atoms with Gasteiger partial charge < -0.3 is 10.5 Å². The zero-order valence-corrected chi connectivity index (χ0v) is 8.54. The Balaban J connectivity index is 2.97. The molecule has 0 aromatic heterocycles. The molecule has 0 saturated heterocycles. The van der Waals surface area contributed by atoms with E-state index in [1.165, 1.54) is 0 Å². The molecule has 0 bridgehead atoms. The normalized spacial score (nSPS) is 19.1. The Kier molecular flexibility index (Phi) is 2.61. The number of nitrogens with two attached hydrogens (primary N) is 1. The molecule has 1 aliphatic heterocycles. The lowest BCUT2D eigenvalue weighted by atomic mass is 10.3. The van der Waals surface area contributed by atoms with Gasteiger partial charge in [0.25, 0.3) is 10.0 Å². The van der Waals surface area contributed by atoms with Crippen molar-refractivity contribution in [1.29, 1.82) is 0 Å². The predicted molar refractivity (Wildman–Crippen MR) is 49.9 cm³/mol. The van der Waals surface area contributed by atoms with E-state index in [1.807, 2.05) is 0 Å². The van der Waals surface area contributed by atoms with E-state index in [9.17, 15) is 13.2 Å². The van der Waals surface area contributed by atoms with Crippen LogP contribution in [0.5, 0.6) is 0 Å². The SMILES string of the molecule is CC(C)OC(=O)C1=C(N)S(=O)(=O)N=C1. The van der Waals surface area contributed by atoms with Gasteiger partial charge in [0.05, 0.1) is 12.3 Å². The minimum atomic E-state index is -3.83. The molecule has 0 saturated carbocycles. The second kappa shape index (κ2) is 3.41. The zero-order valence-electron chi connectivity index (χ0n) is 7.72. The van der Waals surface area contributed by atoms with Gasteiger partial charge in [-0.25, -0.2) is 4.79 Å². The first-order valence-electron chi connectivity index (χ1n) is 3.85. The summed E-state index contributed by atoms with van der Waals surface area (Å²) in [7, 11) is -3.83. The second-order valence-corrected chi connectivity index (χ2v) is 4.54. The van der Waals surface area contributed by atoms with Crippen LogP contribution in [0.15, 0.2) is 15.0 Å². The number of hydrogen-bond donors (Lipinski definition) is 1. The molecule has 1 aliphatic rings. The first kappa shape index (κ1) is 10.7. The monoisotopic (exact) mass is 218 g/mol. The third-order valence-electron chi connectivity index (χ3n) is 1.43. The van der Waals surface area contributed by atoms with E-state index >= 15 is 0 Å². The molecule has 0 atom stereocenters. The molecule has 1 heterocycles. The molecule has 14 heavy (non-hydrogen) atoms. The van der Waals surface area contributed by atoms with Crippen LogP contribution in [0.3, 0.4) is 0 Å². The van der Waals surface area contributed by atoms with Gasteiger partial charge in [0.15, 0.2) is 5.03 Å². The van der Waals surface area contributed by atoms with E-state index in [0.717, 1.165) is 6.21 Å². The highest BCUT2D eigenvalue weighted by Gasteiger charge is 2.28. The molecular weight excluding hydrogens is 208 g/mol. The minimum Gasteiger partial charge on any atom is -0.459 e. The van der Waals surface area contributed by atoms with E-state index in [2.05, 4.69) is 4.40 Å². The van der Waals surface area contributed by atoms with Gasteiger partial charge >= 0.3 is 5.97 Å². The van der Waals surface area contributed by atoms with E-state index in [4.69, 9.17) is 10.5 Å². The highest BCUT2D eigenvalue weighted by molar-refractivity contribution is 7.94. The smallest absolute Gasteiger partial charge is 0.342 e. The van der Waals surface area contributed by atoms with Crippen molar-refractivity contribution in [1.82, 2.24) is 0 Å². The number of sulfonamides is 1. The van der Waals surface area contributed by atoms with Gasteiger partial charge in [-0.1, -0.05) is 0 Å². The number of esters is 1. The summed E-state index contributed by atoms with van der Waals surface area (Å²) in [5, 5.41) is -0.553. The summed E-state index contributed by atoms with van der Waals surface area (Å²) in [5.74, 6) is -0.776. The lowest BCUT2D eigenvalue weighted by Gasteiger charge is -2.06. The standard InChI is InChI=1S/C7H10N2O4S/c1-4(2)13-7(10)5-3-9-14(11,12)6(5)8/h3-4H,8H2,1-2H3. The Morgan fingerprint density at radius 3 is 2.50 bits per heavy atom.